The van der Waals surface area contributed by atoms with Gasteiger partial charge in [0.05, 0.1) is 24.9 Å². The van der Waals surface area contributed by atoms with E-state index in [1.165, 1.54) is 10.9 Å². The lowest BCUT2D eigenvalue weighted by molar-refractivity contribution is -0.149. The second kappa shape index (κ2) is 10.0. The lowest BCUT2D eigenvalue weighted by Crippen LogP contribution is -2.45. The molecule has 7 nitrogen and oxygen atoms in total. The zero-order chi connectivity index (χ0) is 23.5. The van der Waals surface area contributed by atoms with Gasteiger partial charge in [-0.05, 0) is 29.3 Å². The first kappa shape index (κ1) is 23.4. The molecule has 1 saturated heterocycles. The maximum Gasteiger partial charge on any atom is 0.250 e. The van der Waals surface area contributed by atoms with E-state index in [9.17, 15) is 18.0 Å². The zero-order valence-corrected chi connectivity index (χ0v) is 17.8. The van der Waals surface area contributed by atoms with Crippen LogP contribution >= 0.6 is 11.6 Å². The van der Waals surface area contributed by atoms with E-state index < -0.39 is 47.7 Å². The van der Waals surface area contributed by atoms with E-state index in [-0.39, 0.29) is 30.2 Å². The molecule has 0 bridgehead atoms. The molecule has 174 valence electrons. The Labute approximate surface area is 191 Å². The van der Waals surface area contributed by atoms with Crippen molar-refractivity contribution in [2.75, 3.05) is 13.4 Å². The summed E-state index contributed by atoms with van der Waals surface area (Å²) in [6.45, 7) is -0.566. The highest BCUT2D eigenvalue weighted by Crippen LogP contribution is 2.42. The Hall–Kier alpha value is -2.79. The summed E-state index contributed by atoms with van der Waals surface area (Å²) in [7, 11) is 0. The standard InChI is InChI=1S/C22H19ClF3N3O4/c23-22(31)18-8-17(20(12-4-2-1-3-5-12)19(33-18)10-32-11-30)29-9-16(27-28-29)13-6-14(24)21(26)15(25)7-13/h1-7,9,17-20,30H,8,10-11H2. The first-order chi connectivity index (χ1) is 15.9. The van der Waals surface area contributed by atoms with Gasteiger partial charge in [0.25, 0.3) is 5.24 Å². The summed E-state index contributed by atoms with van der Waals surface area (Å²) in [6.07, 6.45) is -0.0406. The summed E-state index contributed by atoms with van der Waals surface area (Å²) >= 11 is 5.73. The zero-order valence-electron chi connectivity index (χ0n) is 17.1. The van der Waals surface area contributed by atoms with E-state index in [0.29, 0.717) is 0 Å². The van der Waals surface area contributed by atoms with Crippen LogP contribution in [-0.2, 0) is 14.3 Å². The molecule has 1 N–H and O–H groups in total. The van der Waals surface area contributed by atoms with Gasteiger partial charge < -0.3 is 14.6 Å². The predicted molar refractivity (Wildman–Crippen MR) is 111 cm³/mol. The second-order valence-electron chi connectivity index (χ2n) is 7.54. The monoisotopic (exact) mass is 481 g/mol. The van der Waals surface area contributed by atoms with Crippen molar-refractivity contribution in [1.29, 1.82) is 0 Å². The molecule has 4 unspecified atom stereocenters. The summed E-state index contributed by atoms with van der Waals surface area (Å²) in [5.41, 5.74) is 0.972. The van der Waals surface area contributed by atoms with Crippen LogP contribution in [0.2, 0.25) is 0 Å². The van der Waals surface area contributed by atoms with Crippen LogP contribution in [0.4, 0.5) is 13.2 Å². The number of hydrogen-bond donors (Lipinski definition) is 1. The molecule has 2 heterocycles. The normalized spacial score (nSPS) is 22.9. The van der Waals surface area contributed by atoms with Gasteiger partial charge in [-0.3, -0.25) is 4.79 Å². The van der Waals surface area contributed by atoms with Crippen molar-refractivity contribution in [3.63, 3.8) is 0 Å². The molecular weight excluding hydrogens is 463 g/mol. The maximum atomic E-state index is 13.7. The fourth-order valence-corrected chi connectivity index (χ4v) is 4.22. The van der Waals surface area contributed by atoms with Gasteiger partial charge in [0, 0.05) is 17.9 Å². The van der Waals surface area contributed by atoms with Gasteiger partial charge in [-0.25, -0.2) is 17.9 Å². The van der Waals surface area contributed by atoms with E-state index in [1.54, 1.807) is 0 Å². The summed E-state index contributed by atoms with van der Waals surface area (Å²) in [5, 5.41) is 16.5. The fourth-order valence-electron chi connectivity index (χ4n) is 4.08. The van der Waals surface area contributed by atoms with Crippen LogP contribution in [0.3, 0.4) is 0 Å². The van der Waals surface area contributed by atoms with E-state index in [2.05, 4.69) is 10.3 Å². The molecule has 0 aliphatic carbocycles. The van der Waals surface area contributed by atoms with Gasteiger partial charge in [0.1, 0.15) is 18.6 Å². The summed E-state index contributed by atoms with van der Waals surface area (Å²) < 4.78 is 53.3. The van der Waals surface area contributed by atoms with Gasteiger partial charge in [0.2, 0.25) is 0 Å². The fraction of sp³-hybridized carbons (Fsp3) is 0.318. The Morgan fingerprint density at radius 2 is 1.91 bits per heavy atom. The molecule has 1 aliphatic rings. The summed E-state index contributed by atoms with van der Waals surface area (Å²) in [5.74, 6) is -4.65. The van der Waals surface area contributed by atoms with Crippen LogP contribution < -0.4 is 0 Å². The maximum absolute atomic E-state index is 13.7. The Balaban J connectivity index is 1.74. The number of halogens is 4. The quantitative estimate of drug-likeness (QED) is 0.315. The molecule has 1 aromatic heterocycles. The minimum Gasteiger partial charge on any atom is -0.371 e. The summed E-state index contributed by atoms with van der Waals surface area (Å²) in [6, 6.07) is 10.4. The molecule has 1 aliphatic heterocycles. The van der Waals surface area contributed by atoms with Crippen LogP contribution in [0.15, 0.2) is 48.7 Å². The van der Waals surface area contributed by atoms with Gasteiger partial charge in [0.15, 0.2) is 17.5 Å². The number of carbonyl (C=O) groups is 1. The third-order valence-electron chi connectivity index (χ3n) is 5.55. The minimum atomic E-state index is -1.57. The third kappa shape index (κ3) is 4.93. The van der Waals surface area contributed by atoms with Gasteiger partial charge in [-0.15, -0.1) is 5.10 Å². The van der Waals surface area contributed by atoms with Crippen LogP contribution in [0.5, 0.6) is 0 Å². The molecule has 4 rings (SSSR count). The number of rotatable bonds is 7. The lowest BCUT2D eigenvalue weighted by atomic mass is 9.81. The van der Waals surface area contributed by atoms with Crippen LogP contribution in [0.1, 0.15) is 23.9 Å². The minimum absolute atomic E-state index is 0.00565. The topological polar surface area (TPSA) is 86.5 Å². The van der Waals surface area contributed by atoms with E-state index in [4.69, 9.17) is 26.2 Å². The molecule has 0 saturated carbocycles. The molecule has 0 amide bonds. The van der Waals surface area contributed by atoms with Crippen molar-refractivity contribution in [2.24, 2.45) is 0 Å². The molecular formula is C22H19ClF3N3O4. The first-order valence-corrected chi connectivity index (χ1v) is 10.4. The number of ether oxygens (including phenoxy) is 2. The molecule has 2 aromatic carbocycles. The van der Waals surface area contributed by atoms with Crippen LogP contribution in [0, 0.1) is 17.5 Å². The van der Waals surface area contributed by atoms with Gasteiger partial charge >= 0.3 is 0 Å². The van der Waals surface area contributed by atoms with Crippen molar-refractivity contribution in [2.45, 2.75) is 30.6 Å². The van der Waals surface area contributed by atoms with Crippen molar-refractivity contribution < 1.29 is 32.5 Å². The predicted octanol–water partition coefficient (Wildman–Crippen LogP) is 3.58. The van der Waals surface area contributed by atoms with Crippen LogP contribution in [-0.4, -0.2) is 51.0 Å². The Morgan fingerprint density at radius 1 is 1.21 bits per heavy atom. The average molecular weight is 482 g/mol. The van der Waals surface area contributed by atoms with E-state index >= 15 is 0 Å². The number of carbonyl (C=O) groups excluding carboxylic acids is 1. The van der Waals surface area contributed by atoms with Crippen molar-refractivity contribution in [1.82, 2.24) is 15.0 Å². The van der Waals surface area contributed by atoms with Gasteiger partial charge in [-0.1, -0.05) is 35.5 Å². The summed E-state index contributed by atoms with van der Waals surface area (Å²) in [4.78, 5) is 12.0. The molecule has 0 spiro atoms. The van der Waals surface area contributed by atoms with E-state index in [1.807, 2.05) is 30.3 Å². The highest BCUT2D eigenvalue weighted by molar-refractivity contribution is 6.64. The highest BCUT2D eigenvalue weighted by atomic mass is 35.5. The number of hydrogen-bond acceptors (Lipinski definition) is 6. The molecule has 11 heteroatoms. The second-order valence-corrected chi connectivity index (χ2v) is 7.92. The smallest absolute Gasteiger partial charge is 0.250 e. The third-order valence-corrected chi connectivity index (χ3v) is 5.79. The number of aliphatic hydroxyl groups excluding tert-OH is 1. The lowest BCUT2D eigenvalue weighted by Gasteiger charge is -2.41. The Morgan fingerprint density at radius 3 is 2.55 bits per heavy atom. The highest BCUT2D eigenvalue weighted by Gasteiger charge is 2.43. The van der Waals surface area contributed by atoms with Crippen molar-refractivity contribution in [3.8, 4) is 11.3 Å². The molecule has 0 radical (unpaired) electrons. The largest absolute Gasteiger partial charge is 0.371 e. The Bertz CT molecular complexity index is 1110. The first-order valence-electron chi connectivity index (χ1n) is 10.0. The van der Waals surface area contributed by atoms with Crippen molar-refractivity contribution in [3.05, 3.63) is 71.7 Å². The molecule has 4 atom stereocenters. The van der Waals surface area contributed by atoms with E-state index in [0.717, 1.165) is 17.7 Å². The Kier molecular flexibility index (Phi) is 7.08. The number of aliphatic hydroxyl groups is 1. The van der Waals surface area contributed by atoms with Crippen molar-refractivity contribution >= 4 is 16.8 Å². The van der Waals surface area contributed by atoms with Gasteiger partial charge in [-0.2, -0.15) is 0 Å². The SMILES string of the molecule is O=C(Cl)C1CC(n2cc(-c3cc(F)c(F)c(F)c3)nn2)C(c2ccccc2)C(COCO)O1. The number of aromatic nitrogens is 3. The average Bonchev–Trinajstić information content (AvgIpc) is 3.31. The number of nitrogens with zero attached hydrogens (tertiary/aromatic N) is 3. The molecule has 33 heavy (non-hydrogen) atoms. The molecule has 1 fully saturated rings. The molecule has 3 aromatic rings. The number of benzene rings is 2. The van der Waals surface area contributed by atoms with Crippen LogP contribution in [0.25, 0.3) is 11.3 Å².